The molecule has 0 radical (unpaired) electrons. The van der Waals surface area contributed by atoms with Crippen LogP contribution in [0, 0.1) is 6.92 Å². The molecular weight excluding hydrogens is 290 g/mol. The Labute approximate surface area is 136 Å². The maximum absolute atomic E-state index is 12.8. The van der Waals surface area contributed by atoms with Gasteiger partial charge in [-0.15, -0.1) is 0 Å². The number of carbonyl (C=O) groups excluding carboxylic acids is 1. The van der Waals surface area contributed by atoms with E-state index in [0.29, 0.717) is 0 Å². The fourth-order valence-electron chi connectivity index (χ4n) is 3.20. The van der Waals surface area contributed by atoms with Crippen molar-refractivity contribution in [1.82, 2.24) is 0 Å². The molecule has 1 heterocycles. The molecule has 0 aromatic heterocycles. The van der Waals surface area contributed by atoms with Crippen molar-refractivity contribution in [2.24, 2.45) is 0 Å². The number of para-hydroxylation sites is 1. The van der Waals surface area contributed by atoms with E-state index in [4.69, 9.17) is 0 Å². The predicted octanol–water partition coefficient (Wildman–Crippen LogP) is 2.59. The zero-order chi connectivity index (χ0) is 16.4. The number of aliphatic hydroxyl groups is 2. The van der Waals surface area contributed by atoms with E-state index in [2.05, 4.69) is 0 Å². The quantitative estimate of drug-likeness (QED) is 0.912. The fraction of sp³-hybridized carbons (Fsp3) is 0.316. The van der Waals surface area contributed by atoms with Crippen molar-refractivity contribution >= 4 is 11.6 Å². The molecule has 1 aliphatic rings. The molecule has 2 aromatic carbocycles. The Balaban J connectivity index is 2.04. The van der Waals surface area contributed by atoms with E-state index in [9.17, 15) is 15.0 Å². The van der Waals surface area contributed by atoms with Crippen LogP contribution in [0.15, 0.2) is 54.6 Å². The van der Waals surface area contributed by atoms with Gasteiger partial charge in [-0.3, -0.25) is 4.79 Å². The van der Waals surface area contributed by atoms with Crippen molar-refractivity contribution in [1.29, 1.82) is 0 Å². The SMILES string of the molecule is Cc1ccc([C@@H]2C[C@@](O)(CCO)C(=O)N2c2ccccc2)cc1. The molecule has 0 saturated carbocycles. The lowest BCUT2D eigenvalue weighted by molar-refractivity contribution is -0.134. The van der Waals surface area contributed by atoms with Crippen LogP contribution in [0.25, 0.3) is 0 Å². The molecule has 23 heavy (non-hydrogen) atoms. The van der Waals surface area contributed by atoms with Crippen LogP contribution in [0.2, 0.25) is 0 Å². The summed E-state index contributed by atoms with van der Waals surface area (Å²) in [5.41, 5.74) is 1.38. The Morgan fingerprint density at radius 1 is 1.13 bits per heavy atom. The molecule has 1 fully saturated rings. The van der Waals surface area contributed by atoms with E-state index in [1.807, 2.05) is 61.5 Å². The van der Waals surface area contributed by atoms with E-state index >= 15 is 0 Å². The molecule has 3 rings (SSSR count). The normalized spacial score (nSPS) is 24.2. The van der Waals surface area contributed by atoms with Crippen LogP contribution in [-0.2, 0) is 4.79 Å². The van der Waals surface area contributed by atoms with Gasteiger partial charge in [-0.2, -0.15) is 0 Å². The second-order valence-corrected chi connectivity index (χ2v) is 6.15. The minimum absolute atomic E-state index is 0.0531. The molecule has 120 valence electrons. The largest absolute Gasteiger partial charge is 0.396 e. The van der Waals surface area contributed by atoms with Gasteiger partial charge >= 0.3 is 0 Å². The number of nitrogens with zero attached hydrogens (tertiary/aromatic N) is 1. The lowest BCUT2D eigenvalue weighted by Crippen LogP contribution is -2.41. The van der Waals surface area contributed by atoms with E-state index < -0.39 is 5.60 Å². The molecule has 1 saturated heterocycles. The standard InChI is InChI=1S/C19H21NO3/c1-14-7-9-15(10-8-14)17-13-19(23,11-12-21)18(22)20(17)16-5-3-2-4-6-16/h2-10,17,21,23H,11-13H2,1H3/t17-,19-/m0/s1. The summed E-state index contributed by atoms with van der Waals surface area (Å²) in [5, 5.41) is 20.0. The van der Waals surface area contributed by atoms with Crippen LogP contribution < -0.4 is 4.90 Å². The molecule has 0 spiro atoms. The molecule has 2 aromatic rings. The molecule has 2 N–H and O–H groups in total. The molecule has 4 nitrogen and oxygen atoms in total. The zero-order valence-corrected chi connectivity index (χ0v) is 13.1. The number of hydrogen-bond acceptors (Lipinski definition) is 3. The highest BCUT2D eigenvalue weighted by Gasteiger charge is 2.51. The lowest BCUT2D eigenvalue weighted by atomic mass is 9.93. The van der Waals surface area contributed by atoms with Gasteiger partial charge in [-0.1, -0.05) is 48.0 Å². The first-order valence-electron chi connectivity index (χ1n) is 7.84. The van der Waals surface area contributed by atoms with Gasteiger partial charge in [0, 0.05) is 25.1 Å². The summed E-state index contributed by atoms with van der Waals surface area (Å²) in [6, 6.07) is 17.1. The van der Waals surface area contributed by atoms with Gasteiger partial charge < -0.3 is 15.1 Å². The third-order valence-corrected chi connectivity index (χ3v) is 4.48. The minimum Gasteiger partial charge on any atom is -0.396 e. The van der Waals surface area contributed by atoms with Gasteiger partial charge in [0.25, 0.3) is 5.91 Å². The van der Waals surface area contributed by atoms with Crippen molar-refractivity contribution in [2.75, 3.05) is 11.5 Å². The Morgan fingerprint density at radius 2 is 1.78 bits per heavy atom. The van der Waals surface area contributed by atoms with Crippen molar-refractivity contribution in [3.8, 4) is 0 Å². The number of rotatable bonds is 4. The fourth-order valence-corrected chi connectivity index (χ4v) is 3.20. The average molecular weight is 311 g/mol. The molecule has 0 unspecified atom stereocenters. The zero-order valence-electron chi connectivity index (χ0n) is 13.1. The van der Waals surface area contributed by atoms with Gasteiger partial charge in [0.15, 0.2) is 0 Å². The van der Waals surface area contributed by atoms with Gasteiger partial charge in [0.05, 0.1) is 6.04 Å². The first-order valence-corrected chi connectivity index (χ1v) is 7.84. The maximum Gasteiger partial charge on any atom is 0.259 e. The second kappa shape index (κ2) is 6.14. The van der Waals surface area contributed by atoms with Crippen LogP contribution in [0.5, 0.6) is 0 Å². The van der Waals surface area contributed by atoms with Crippen molar-refractivity contribution in [2.45, 2.75) is 31.4 Å². The first-order chi connectivity index (χ1) is 11.0. The highest BCUT2D eigenvalue weighted by molar-refractivity contribution is 6.02. The summed E-state index contributed by atoms with van der Waals surface area (Å²) in [6.07, 6.45) is 0.335. The Bertz CT molecular complexity index is 684. The summed E-state index contributed by atoms with van der Waals surface area (Å²) < 4.78 is 0. The summed E-state index contributed by atoms with van der Waals surface area (Å²) in [4.78, 5) is 14.5. The Hall–Kier alpha value is -2.17. The smallest absolute Gasteiger partial charge is 0.259 e. The molecule has 4 heteroatoms. The first kappa shape index (κ1) is 15.7. The summed E-state index contributed by atoms with van der Waals surface area (Å²) in [5.74, 6) is -0.344. The molecule has 0 bridgehead atoms. The summed E-state index contributed by atoms with van der Waals surface area (Å²) in [7, 11) is 0. The second-order valence-electron chi connectivity index (χ2n) is 6.15. The monoisotopic (exact) mass is 311 g/mol. The molecule has 1 aliphatic heterocycles. The number of hydrogen-bond donors (Lipinski definition) is 2. The number of aliphatic hydroxyl groups excluding tert-OH is 1. The van der Waals surface area contributed by atoms with Crippen LogP contribution >= 0.6 is 0 Å². The Kier molecular flexibility index (Phi) is 4.20. The summed E-state index contributed by atoms with van der Waals surface area (Å²) >= 11 is 0. The number of amides is 1. The van der Waals surface area contributed by atoms with Gasteiger partial charge in [0.1, 0.15) is 5.60 Å². The van der Waals surface area contributed by atoms with Crippen LogP contribution in [-0.4, -0.2) is 28.3 Å². The predicted molar refractivity (Wildman–Crippen MR) is 89.1 cm³/mol. The molecule has 1 amide bonds. The van der Waals surface area contributed by atoms with Crippen LogP contribution in [0.4, 0.5) is 5.69 Å². The van der Waals surface area contributed by atoms with E-state index in [1.54, 1.807) is 4.90 Å². The van der Waals surface area contributed by atoms with Crippen molar-refractivity contribution in [3.05, 3.63) is 65.7 Å². The third kappa shape index (κ3) is 2.87. The van der Waals surface area contributed by atoms with E-state index in [1.165, 1.54) is 0 Å². The van der Waals surface area contributed by atoms with Gasteiger partial charge in [0.2, 0.25) is 0 Å². The third-order valence-electron chi connectivity index (χ3n) is 4.48. The summed E-state index contributed by atoms with van der Waals surface area (Å²) in [6.45, 7) is 1.80. The molecular formula is C19H21NO3. The average Bonchev–Trinajstić information content (AvgIpc) is 2.81. The highest BCUT2D eigenvalue weighted by Crippen LogP contribution is 2.43. The highest BCUT2D eigenvalue weighted by atomic mass is 16.3. The van der Waals surface area contributed by atoms with Crippen molar-refractivity contribution in [3.63, 3.8) is 0 Å². The topological polar surface area (TPSA) is 60.8 Å². The molecule has 2 atom stereocenters. The van der Waals surface area contributed by atoms with E-state index in [0.717, 1.165) is 16.8 Å². The minimum atomic E-state index is -1.51. The lowest BCUT2D eigenvalue weighted by Gasteiger charge is -2.25. The van der Waals surface area contributed by atoms with Gasteiger partial charge in [-0.05, 0) is 24.6 Å². The number of aryl methyl sites for hydroxylation is 1. The number of carbonyl (C=O) groups is 1. The number of benzene rings is 2. The van der Waals surface area contributed by atoms with Gasteiger partial charge in [-0.25, -0.2) is 0 Å². The van der Waals surface area contributed by atoms with Crippen LogP contribution in [0.1, 0.15) is 30.0 Å². The maximum atomic E-state index is 12.8. The van der Waals surface area contributed by atoms with Crippen LogP contribution in [0.3, 0.4) is 0 Å². The van der Waals surface area contributed by atoms with Crippen molar-refractivity contribution < 1.29 is 15.0 Å². The van der Waals surface area contributed by atoms with E-state index in [-0.39, 0.29) is 31.4 Å². The Morgan fingerprint density at radius 3 is 2.39 bits per heavy atom. The number of anilines is 1. The molecule has 0 aliphatic carbocycles.